The van der Waals surface area contributed by atoms with E-state index in [9.17, 15) is 0 Å². The summed E-state index contributed by atoms with van der Waals surface area (Å²) in [6, 6.07) is 0.786. The van der Waals surface area contributed by atoms with Crippen LogP contribution in [0.3, 0.4) is 0 Å². The van der Waals surface area contributed by atoms with Crippen molar-refractivity contribution in [2.24, 2.45) is 5.41 Å². The van der Waals surface area contributed by atoms with E-state index in [1.54, 1.807) is 0 Å². The Labute approximate surface area is 81.7 Å². The number of hydrogen-bond acceptors (Lipinski definition) is 2. The Hall–Kier alpha value is -0.0800. The van der Waals surface area contributed by atoms with Gasteiger partial charge in [0.25, 0.3) is 0 Å². The largest absolute Gasteiger partial charge is 0.313 e. The Kier molecular flexibility index (Phi) is 2.61. The summed E-state index contributed by atoms with van der Waals surface area (Å²) in [5, 5.41) is 3.57. The van der Waals surface area contributed by atoms with Crippen LogP contribution in [0.2, 0.25) is 0 Å². The topological polar surface area (TPSA) is 15.3 Å². The third-order valence-corrected chi connectivity index (χ3v) is 3.40. The van der Waals surface area contributed by atoms with Gasteiger partial charge in [-0.05, 0) is 37.8 Å². The monoisotopic (exact) mass is 182 g/mol. The smallest absolute Gasteiger partial charge is 0.0195 e. The molecule has 2 saturated heterocycles. The van der Waals surface area contributed by atoms with E-state index in [1.807, 2.05) is 0 Å². The van der Waals surface area contributed by atoms with Crippen molar-refractivity contribution in [3.05, 3.63) is 0 Å². The van der Waals surface area contributed by atoms with Gasteiger partial charge in [0.15, 0.2) is 0 Å². The summed E-state index contributed by atoms with van der Waals surface area (Å²) in [5.41, 5.74) is 0.568. The fraction of sp³-hybridized carbons (Fsp3) is 1.00. The summed E-state index contributed by atoms with van der Waals surface area (Å²) >= 11 is 0. The van der Waals surface area contributed by atoms with E-state index in [-0.39, 0.29) is 0 Å². The van der Waals surface area contributed by atoms with Crippen molar-refractivity contribution in [1.29, 1.82) is 0 Å². The molecular weight excluding hydrogens is 160 g/mol. The first kappa shape index (κ1) is 9.47. The molecule has 2 heterocycles. The summed E-state index contributed by atoms with van der Waals surface area (Å²) in [4.78, 5) is 2.63. The second-order valence-corrected chi connectivity index (χ2v) is 5.44. The minimum Gasteiger partial charge on any atom is -0.313 e. The van der Waals surface area contributed by atoms with E-state index in [0.717, 1.165) is 6.04 Å². The highest BCUT2D eigenvalue weighted by Crippen LogP contribution is 2.29. The number of nitrogens with one attached hydrogen (secondary N) is 1. The average Bonchev–Trinajstić information content (AvgIpc) is 2.61. The highest BCUT2D eigenvalue weighted by molar-refractivity contribution is 4.86. The average molecular weight is 182 g/mol. The maximum atomic E-state index is 3.57. The lowest BCUT2D eigenvalue weighted by molar-refractivity contribution is 0.268. The molecule has 2 fully saturated rings. The van der Waals surface area contributed by atoms with Gasteiger partial charge >= 0.3 is 0 Å². The summed E-state index contributed by atoms with van der Waals surface area (Å²) in [7, 11) is 0. The van der Waals surface area contributed by atoms with Gasteiger partial charge in [0.05, 0.1) is 0 Å². The Balaban J connectivity index is 1.77. The molecule has 0 spiro atoms. The third-order valence-electron chi connectivity index (χ3n) is 3.40. The molecule has 0 unspecified atom stereocenters. The fourth-order valence-corrected chi connectivity index (χ4v) is 2.60. The summed E-state index contributed by atoms with van der Waals surface area (Å²) < 4.78 is 0. The Morgan fingerprint density at radius 3 is 2.85 bits per heavy atom. The van der Waals surface area contributed by atoms with Gasteiger partial charge in [-0.2, -0.15) is 0 Å². The molecule has 1 atom stereocenters. The fourth-order valence-electron chi connectivity index (χ4n) is 2.60. The molecule has 2 heteroatoms. The van der Waals surface area contributed by atoms with Gasteiger partial charge < -0.3 is 10.2 Å². The van der Waals surface area contributed by atoms with Crippen molar-refractivity contribution in [2.45, 2.75) is 39.2 Å². The van der Waals surface area contributed by atoms with Crippen molar-refractivity contribution < 1.29 is 0 Å². The van der Waals surface area contributed by atoms with Crippen molar-refractivity contribution in [2.75, 3.05) is 26.2 Å². The van der Waals surface area contributed by atoms with Crippen LogP contribution in [0.5, 0.6) is 0 Å². The molecule has 0 bridgehead atoms. The van der Waals surface area contributed by atoms with Crippen LogP contribution < -0.4 is 5.32 Å². The highest BCUT2D eigenvalue weighted by atomic mass is 15.2. The molecular formula is C11H22N2. The number of rotatable bonds is 2. The van der Waals surface area contributed by atoms with Crippen LogP contribution in [-0.2, 0) is 0 Å². The zero-order valence-electron chi connectivity index (χ0n) is 8.97. The van der Waals surface area contributed by atoms with E-state index < -0.39 is 0 Å². The lowest BCUT2D eigenvalue weighted by Crippen LogP contribution is -2.36. The van der Waals surface area contributed by atoms with Gasteiger partial charge in [0.2, 0.25) is 0 Å². The first-order valence-electron chi connectivity index (χ1n) is 5.61. The molecule has 1 N–H and O–H groups in total. The van der Waals surface area contributed by atoms with Gasteiger partial charge in [-0.1, -0.05) is 13.8 Å². The third kappa shape index (κ3) is 2.44. The SMILES string of the molecule is CC1(C)CCN(C[C@H]2CCCN2)C1. The van der Waals surface area contributed by atoms with E-state index in [4.69, 9.17) is 0 Å². The van der Waals surface area contributed by atoms with Gasteiger partial charge in [0, 0.05) is 19.1 Å². The second-order valence-electron chi connectivity index (χ2n) is 5.44. The van der Waals surface area contributed by atoms with Crippen molar-refractivity contribution in [3.63, 3.8) is 0 Å². The molecule has 0 aliphatic carbocycles. The van der Waals surface area contributed by atoms with Crippen LogP contribution in [0, 0.1) is 5.41 Å². The zero-order chi connectivity index (χ0) is 9.31. The lowest BCUT2D eigenvalue weighted by atomic mass is 9.93. The molecule has 0 radical (unpaired) electrons. The molecule has 2 rings (SSSR count). The predicted octanol–water partition coefficient (Wildman–Crippen LogP) is 1.47. The quantitative estimate of drug-likeness (QED) is 0.695. The molecule has 0 saturated carbocycles. The van der Waals surface area contributed by atoms with Gasteiger partial charge in [-0.15, -0.1) is 0 Å². The normalized spacial score (nSPS) is 34.2. The zero-order valence-corrected chi connectivity index (χ0v) is 8.97. The van der Waals surface area contributed by atoms with E-state index in [1.165, 1.54) is 45.4 Å². The van der Waals surface area contributed by atoms with Gasteiger partial charge in [0.1, 0.15) is 0 Å². The molecule has 2 aliphatic heterocycles. The van der Waals surface area contributed by atoms with Crippen LogP contribution in [-0.4, -0.2) is 37.1 Å². The van der Waals surface area contributed by atoms with E-state index in [2.05, 4.69) is 24.1 Å². The highest BCUT2D eigenvalue weighted by Gasteiger charge is 2.30. The molecule has 0 aromatic heterocycles. The van der Waals surface area contributed by atoms with Gasteiger partial charge in [-0.3, -0.25) is 0 Å². The molecule has 2 nitrogen and oxygen atoms in total. The Morgan fingerprint density at radius 1 is 1.46 bits per heavy atom. The van der Waals surface area contributed by atoms with Crippen molar-refractivity contribution in [3.8, 4) is 0 Å². The van der Waals surface area contributed by atoms with Crippen molar-refractivity contribution >= 4 is 0 Å². The minimum absolute atomic E-state index is 0.568. The maximum Gasteiger partial charge on any atom is 0.0195 e. The van der Waals surface area contributed by atoms with E-state index in [0.29, 0.717) is 5.41 Å². The van der Waals surface area contributed by atoms with E-state index >= 15 is 0 Å². The lowest BCUT2D eigenvalue weighted by Gasteiger charge is -2.22. The molecule has 13 heavy (non-hydrogen) atoms. The summed E-state index contributed by atoms with van der Waals surface area (Å²) in [6.45, 7) is 9.89. The number of likely N-dealkylation sites (tertiary alicyclic amines) is 1. The van der Waals surface area contributed by atoms with Gasteiger partial charge in [-0.25, -0.2) is 0 Å². The summed E-state index contributed by atoms with van der Waals surface area (Å²) in [6.07, 6.45) is 4.14. The number of nitrogens with zero attached hydrogens (tertiary/aromatic N) is 1. The van der Waals surface area contributed by atoms with Crippen LogP contribution in [0.15, 0.2) is 0 Å². The predicted molar refractivity (Wildman–Crippen MR) is 55.9 cm³/mol. The first-order chi connectivity index (χ1) is 6.16. The molecule has 0 amide bonds. The standard InChI is InChI=1S/C11H22N2/c1-11(2)5-7-13(9-11)8-10-4-3-6-12-10/h10,12H,3-9H2,1-2H3/t10-/m1/s1. The molecule has 0 aromatic rings. The number of hydrogen-bond donors (Lipinski definition) is 1. The maximum absolute atomic E-state index is 3.57. The Morgan fingerprint density at radius 2 is 2.31 bits per heavy atom. The first-order valence-corrected chi connectivity index (χ1v) is 5.61. The molecule has 76 valence electrons. The molecule has 2 aliphatic rings. The van der Waals surface area contributed by atoms with Crippen molar-refractivity contribution in [1.82, 2.24) is 10.2 Å². The van der Waals surface area contributed by atoms with Crippen LogP contribution in [0.4, 0.5) is 0 Å². The minimum atomic E-state index is 0.568. The molecule has 0 aromatic carbocycles. The Bertz CT molecular complexity index is 171. The summed E-state index contributed by atoms with van der Waals surface area (Å²) in [5.74, 6) is 0. The van der Waals surface area contributed by atoms with Crippen LogP contribution >= 0.6 is 0 Å². The van der Waals surface area contributed by atoms with Crippen LogP contribution in [0.25, 0.3) is 0 Å². The second kappa shape index (κ2) is 3.58. The van der Waals surface area contributed by atoms with Crippen LogP contribution in [0.1, 0.15) is 33.1 Å².